The Morgan fingerprint density at radius 1 is 1.06 bits per heavy atom. The van der Waals surface area contributed by atoms with E-state index in [1.54, 1.807) is 34.9 Å². The van der Waals surface area contributed by atoms with E-state index in [9.17, 15) is 18.8 Å². The highest BCUT2D eigenvalue weighted by Crippen LogP contribution is 2.20. The molecule has 33 heavy (non-hydrogen) atoms. The molecule has 0 aliphatic carbocycles. The second-order valence-corrected chi connectivity index (χ2v) is 7.62. The molecule has 0 saturated heterocycles. The van der Waals surface area contributed by atoms with Crippen molar-refractivity contribution in [3.63, 3.8) is 0 Å². The van der Waals surface area contributed by atoms with Crippen LogP contribution in [0.5, 0.6) is 0 Å². The summed E-state index contributed by atoms with van der Waals surface area (Å²) in [7, 11) is 1.27. The number of para-hydroxylation sites is 1. The van der Waals surface area contributed by atoms with E-state index in [1.165, 1.54) is 25.3 Å². The van der Waals surface area contributed by atoms with Gasteiger partial charge in [-0.25, -0.2) is 9.18 Å². The van der Waals surface area contributed by atoms with Gasteiger partial charge in [-0.3, -0.25) is 9.59 Å². The molecule has 2 N–H and O–H groups in total. The van der Waals surface area contributed by atoms with Crippen molar-refractivity contribution >= 4 is 35.2 Å². The zero-order valence-electron chi connectivity index (χ0n) is 18.0. The second kappa shape index (κ2) is 11.2. The van der Waals surface area contributed by atoms with E-state index in [1.807, 2.05) is 6.92 Å². The van der Waals surface area contributed by atoms with Gasteiger partial charge in [0.25, 0.3) is 5.91 Å². The van der Waals surface area contributed by atoms with Gasteiger partial charge in [0.15, 0.2) is 11.0 Å². The number of hydrogen-bond acceptors (Lipinski definition) is 7. The monoisotopic (exact) mass is 471 g/mol. The lowest BCUT2D eigenvalue weighted by Crippen LogP contribution is -2.25. The number of amides is 2. The minimum Gasteiger partial charge on any atom is -0.465 e. The predicted octanol–water partition coefficient (Wildman–Crippen LogP) is 2.88. The number of rotatable bonds is 9. The van der Waals surface area contributed by atoms with E-state index in [0.29, 0.717) is 23.2 Å². The van der Waals surface area contributed by atoms with Gasteiger partial charge in [0.2, 0.25) is 5.91 Å². The molecule has 0 bridgehead atoms. The predicted molar refractivity (Wildman–Crippen MR) is 120 cm³/mol. The van der Waals surface area contributed by atoms with Crippen LogP contribution in [0.3, 0.4) is 0 Å². The molecule has 0 aliphatic heterocycles. The van der Waals surface area contributed by atoms with Crippen molar-refractivity contribution in [2.45, 2.75) is 25.2 Å². The van der Waals surface area contributed by atoms with Crippen LogP contribution in [0.15, 0.2) is 53.7 Å². The molecule has 0 aliphatic rings. The smallest absolute Gasteiger partial charge is 0.339 e. The summed E-state index contributed by atoms with van der Waals surface area (Å²) in [6.45, 7) is 2.43. The summed E-state index contributed by atoms with van der Waals surface area (Å²) >= 11 is 1.16. The number of anilines is 1. The van der Waals surface area contributed by atoms with Crippen molar-refractivity contribution < 1.29 is 23.5 Å². The first-order valence-corrected chi connectivity index (χ1v) is 11.0. The van der Waals surface area contributed by atoms with Crippen LogP contribution in [0.2, 0.25) is 0 Å². The van der Waals surface area contributed by atoms with Gasteiger partial charge in [-0.2, -0.15) is 0 Å². The van der Waals surface area contributed by atoms with Gasteiger partial charge in [-0.05, 0) is 31.2 Å². The van der Waals surface area contributed by atoms with E-state index in [0.717, 1.165) is 11.8 Å². The van der Waals surface area contributed by atoms with E-state index in [-0.39, 0.29) is 29.3 Å². The van der Waals surface area contributed by atoms with Crippen molar-refractivity contribution in [2.24, 2.45) is 0 Å². The van der Waals surface area contributed by atoms with E-state index < -0.39 is 17.7 Å². The molecule has 0 atom stereocenters. The number of halogens is 1. The largest absolute Gasteiger partial charge is 0.465 e. The van der Waals surface area contributed by atoms with Gasteiger partial charge in [-0.1, -0.05) is 36.0 Å². The minimum absolute atomic E-state index is 0.0230. The van der Waals surface area contributed by atoms with Crippen LogP contribution in [0, 0.1) is 5.82 Å². The van der Waals surface area contributed by atoms with Crippen LogP contribution in [0.25, 0.3) is 0 Å². The van der Waals surface area contributed by atoms with Crippen LogP contribution < -0.4 is 10.6 Å². The Morgan fingerprint density at radius 2 is 1.76 bits per heavy atom. The Bertz CT molecular complexity index is 1170. The Kier molecular flexibility index (Phi) is 8.14. The first-order valence-electron chi connectivity index (χ1n) is 9.99. The zero-order chi connectivity index (χ0) is 23.8. The first-order chi connectivity index (χ1) is 15.9. The molecule has 9 nitrogen and oxygen atoms in total. The van der Waals surface area contributed by atoms with E-state index >= 15 is 0 Å². The lowest BCUT2D eigenvalue weighted by molar-refractivity contribution is -0.113. The van der Waals surface area contributed by atoms with Crippen LogP contribution in [0.4, 0.5) is 10.1 Å². The molecule has 3 aromatic rings. The highest BCUT2D eigenvalue weighted by molar-refractivity contribution is 7.99. The van der Waals surface area contributed by atoms with Crippen LogP contribution >= 0.6 is 11.8 Å². The maximum Gasteiger partial charge on any atom is 0.339 e. The summed E-state index contributed by atoms with van der Waals surface area (Å²) in [5.74, 6) is -1.56. The summed E-state index contributed by atoms with van der Waals surface area (Å²) in [5.41, 5.74) is 0.546. The average Bonchev–Trinajstić information content (AvgIpc) is 3.23. The Labute approximate surface area is 193 Å². The number of nitrogens with one attached hydrogen (secondary N) is 2. The van der Waals surface area contributed by atoms with Crippen LogP contribution in [-0.2, 0) is 22.6 Å². The van der Waals surface area contributed by atoms with E-state index in [2.05, 4.69) is 20.8 Å². The molecule has 0 unspecified atom stereocenters. The molecule has 0 saturated carbocycles. The lowest BCUT2D eigenvalue weighted by Gasteiger charge is -2.10. The molecule has 0 fully saturated rings. The molecule has 2 amide bonds. The number of nitrogens with zero attached hydrogens (tertiary/aromatic N) is 3. The molecule has 2 aromatic carbocycles. The maximum absolute atomic E-state index is 13.8. The van der Waals surface area contributed by atoms with Gasteiger partial charge in [0, 0.05) is 6.54 Å². The SMILES string of the molecule is CCn1c(CNC(=O)c2ccccc2F)nnc1SCC(=O)Nc1ccccc1C(=O)OC. The zero-order valence-corrected chi connectivity index (χ0v) is 18.8. The standard InChI is InChI=1S/C22H22FN5O4S/c1-3-28-18(12-24-20(30)14-8-4-6-10-16(14)23)26-27-22(28)33-13-19(29)25-17-11-7-5-9-15(17)21(31)32-2/h4-11H,3,12-13H2,1-2H3,(H,24,30)(H,25,29). The van der Waals surface area contributed by atoms with Gasteiger partial charge >= 0.3 is 5.97 Å². The number of ether oxygens (including phenoxy) is 1. The van der Waals surface area contributed by atoms with Crippen molar-refractivity contribution in [3.05, 3.63) is 71.3 Å². The van der Waals surface area contributed by atoms with Gasteiger partial charge < -0.3 is 19.9 Å². The number of esters is 1. The first kappa shape index (κ1) is 23.9. The van der Waals surface area contributed by atoms with Crippen molar-refractivity contribution in [3.8, 4) is 0 Å². The number of benzene rings is 2. The molecule has 172 valence electrons. The number of thioether (sulfide) groups is 1. The molecule has 1 heterocycles. The molecular weight excluding hydrogens is 449 g/mol. The quantitative estimate of drug-likeness (QED) is 0.364. The normalized spacial score (nSPS) is 10.5. The lowest BCUT2D eigenvalue weighted by atomic mass is 10.2. The molecule has 0 radical (unpaired) electrons. The third kappa shape index (κ3) is 5.95. The van der Waals surface area contributed by atoms with Crippen LogP contribution in [-0.4, -0.2) is 45.4 Å². The summed E-state index contributed by atoms with van der Waals surface area (Å²) in [6, 6.07) is 12.2. The topological polar surface area (TPSA) is 115 Å². The Balaban J connectivity index is 1.60. The second-order valence-electron chi connectivity index (χ2n) is 6.68. The number of carbonyl (C=O) groups excluding carboxylic acids is 3. The summed E-state index contributed by atoms with van der Waals surface area (Å²) in [5, 5.41) is 14.0. The number of methoxy groups -OCH3 is 1. The number of hydrogen-bond donors (Lipinski definition) is 2. The van der Waals surface area contributed by atoms with Crippen LogP contribution in [0.1, 0.15) is 33.5 Å². The maximum atomic E-state index is 13.8. The Morgan fingerprint density at radius 3 is 2.45 bits per heavy atom. The molecular formula is C22H22FN5O4S. The highest BCUT2D eigenvalue weighted by Gasteiger charge is 2.17. The van der Waals surface area contributed by atoms with Gasteiger partial charge in [-0.15, -0.1) is 10.2 Å². The van der Waals surface area contributed by atoms with Crippen molar-refractivity contribution in [2.75, 3.05) is 18.2 Å². The van der Waals surface area contributed by atoms with Crippen molar-refractivity contribution in [1.82, 2.24) is 20.1 Å². The van der Waals surface area contributed by atoms with Crippen molar-refractivity contribution in [1.29, 1.82) is 0 Å². The fourth-order valence-electron chi connectivity index (χ4n) is 2.97. The number of carbonyl (C=O) groups is 3. The summed E-state index contributed by atoms with van der Waals surface area (Å²) < 4.78 is 20.3. The molecule has 11 heteroatoms. The minimum atomic E-state index is -0.608. The van der Waals surface area contributed by atoms with Gasteiger partial charge in [0.1, 0.15) is 5.82 Å². The fourth-order valence-corrected chi connectivity index (χ4v) is 3.79. The third-order valence-electron chi connectivity index (χ3n) is 4.57. The summed E-state index contributed by atoms with van der Waals surface area (Å²) in [4.78, 5) is 36.5. The molecule has 1 aromatic heterocycles. The van der Waals surface area contributed by atoms with Gasteiger partial charge in [0.05, 0.1) is 36.2 Å². The molecule has 3 rings (SSSR count). The number of aromatic nitrogens is 3. The fraction of sp³-hybridized carbons (Fsp3) is 0.227. The summed E-state index contributed by atoms with van der Waals surface area (Å²) in [6.07, 6.45) is 0. The highest BCUT2D eigenvalue weighted by atomic mass is 32.2. The molecule has 0 spiro atoms. The van der Waals surface area contributed by atoms with E-state index in [4.69, 9.17) is 4.74 Å². The Hall–Kier alpha value is -3.73. The third-order valence-corrected chi connectivity index (χ3v) is 5.54. The average molecular weight is 472 g/mol.